The number of piperidine rings is 3. The van der Waals surface area contributed by atoms with E-state index < -0.39 is 12.0 Å². The van der Waals surface area contributed by atoms with Gasteiger partial charge in [0.2, 0.25) is 0 Å². The monoisotopic (exact) mass is 213 g/mol. The molecule has 3 saturated heterocycles. The first kappa shape index (κ1) is 10.9. The summed E-state index contributed by atoms with van der Waals surface area (Å²) in [5, 5.41) is 12.0. The Morgan fingerprint density at radius 1 is 1.53 bits per heavy atom. The van der Waals surface area contributed by atoms with Gasteiger partial charge in [-0.05, 0) is 31.8 Å². The molecule has 0 spiro atoms. The van der Waals surface area contributed by atoms with E-state index in [2.05, 4.69) is 10.2 Å². The molecule has 0 radical (unpaired) electrons. The van der Waals surface area contributed by atoms with Gasteiger partial charge in [-0.15, -0.1) is 0 Å². The largest absolute Gasteiger partial charge is 0.480 e. The maximum atomic E-state index is 10.6. The number of hydrogen-bond donors (Lipinski definition) is 3. The van der Waals surface area contributed by atoms with Gasteiger partial charge in [-0.1, -0.05) is 0 Å². The maximum absolute atomic E-state index is 10.6. The highest BCUT2D eigenvalue weighted by Gasteiger charge is 2.33. The Kier molecular flexibility index (Phi) is 3.23. The Labute approximate surface area is 89.6 Å². The molecule has 4 N–H and O–H groups in total. The number of aliphatic carboxylic acids is 1. The van der Waals surface area contributed by atoms with Crippen LogP contribution in [0.25, 0.3) is 0 Å². The van der Waals surface area contributed by atoms with Crippen molar-refractivity contribution in [1.29, 1.82) is 0 Å². The highest BCUT2D eigenvalue weighted by molar-refractivity contribution is 5.73. The molecule has 5 nitrogen and oxygen atoms in total. The lowest BCUT2D eigenvalue weighted by Crippen LogP contribution is -2.58. The van der Waals surface area contributed by atoms with Crippen LogP contribution < -0.4 is 11.1 Å². The standard InChI is InChI=1S/C10H19N3O2/c11-8(10(14)15)5-12-9-6-13-3-1-7(9)2-4-13/h7-9,12H,1-6,11H2,(H,14,15). The summed E-state index contributed by atoms with van der Waals surface area (Å²) >= 11 is 0. The summed E-state index contributed by atoms with van der Waals surface area (Å²) in [6.07, 6.45) is 2.47. The lowest BCUT2D eigenvalue weighted by molar-refractivity contribution is -0.138. The van der Waals surface area contributed by atoms with Crippen molar-refractivity contribution >= 4 is 5.97 Å². The van der Waals surface area contributed by atoms with Gasteiger partial charge >= 0.3 is 5.97 Å². The van der Waals surface area contributed by atoms with Crippen molar-refractivity contribution < 1.29 is 9.90 Å². The molecule has 0 amide bonds. The van der Waals surface area contributed by atoms with Crippen LogP contribution in [0.1, 0.15) is 12.8 Å². The van der Waals surface area contributed by atoms with E-state index in [-0.39, 0.29) is 0 Å². The first-order chi connectivity index (χ1) is 7.16. The summed E-state index contributed by atoms with van der Waals surface area (Å²) in [7, 11) is 0. The predicted molar refractivity (Wildman–Crippen MR) is 56.6 cm³/mol. The predicted octanol–water partition coefficient (Wildman–Crippen LogP) is -0.918. The first-order valence-electron chi connectivity index (χ1n) is 5.61. The second-order valence-corrected chi connectivity index (χ2v) is 4.60. The van der Waals surface area contributed by atoms with Gasteiger partial charge in [0, 0.05) is 19.1 Å². The summed E-state index contributed by atoms with van der Waals surface area (Å²) in [5.41, 5.74) is 5.46. The lowest BCUT2D eigenvalue weighted by Gasteiger charge is -2.45. The second-order valence-electron chi connectivity index (χ2n) is 4.60. The lowest BCUT2D eigenvalue weighted by atomic mass is 9.84. The fourth-order valence-corrected chi connectivity index (χ4v) is 2.56. The molecule has 3 fully saturated rings. The Hall–Kier alpha value is -0.650. The number of rotatable bonds is 4. The van der Waals surface area contributed by atoms with Crippen LogP contribution in [0, 0.1) is 5.92 Å². The zero-order valence-electron chi connectivity index (χ0n) is 8.85. The van der Waals surface area contributed by atoms with E-state index in [9.17, 15) is 4.79 Å². The first-order valence-corrected chi connectivity index (χ1v) is 5.61. The zero-order chi connectivity index (χ0) is 10.8. The van der Waals surface area contributed by atoms with Gasteiger partial charge in [0.05, 0.1) is 0 Å². The van der Waals surface area contributed by atoms with Crippen molar-refractivity contribution in [1.82, 2.24) is 10.2 Å². The molecule has 3 rings (SSSR count). The van der Waals surface area contributed by atoms with Gasteiger partial charge in [0.25, 0.3) is 0 Å². The number of carboxylic acid groups (broad SMARTS) is 1. The smallest absolute Gasteiger partial charge is 0.321 e. The normalized spacial score (nSPS) is 36.5. The summed E-state index contributed by atoms with van der Waals surface area (Å²) < 4.78 is 0. The molecule has 2 atom stereocenters. The van der Waals surface area contributed by atoms with Gasteiger partial charge < -0.3 is 21.1 Å². The Morgan fingerprint density at radius 2 is 2.20 bits per heavy atom. The number of carbonyl (C=O) groups is 1. The fraction of sp³-hybridized carbons (Fsp3) is 0.900. The highest BCUT2D eigenvalue weighted by Crippen LogP contribution is 2.27. The number of nitrogens with two attached hydrogens (primary N) is 1. The van der Waals surface area contributed by atoms with E-state index in [1.165, 1.54) is 25.9 Å². The molecule has 0 aromatic carbocycles. The number of nitrogens with zero attached hydrogens (tertiary/aromatic N) is 1. The molecule has 15 heavy (non-hydrogen) atoms. The van der Waals surface area contributed by atoms with Crippen LogP contribution in [0.5, 0.6) is 0 Å². The molecule has 3 aliphatic heterocycles. The van der Waals surface area contributed by atoms with Crippen molar-refractivity contribution in [2.75, 3.05) is 26.2 Å². The Bertz CT molecular complexity index is 239. The van der Waals surface area contributed by atoms with Gasteiger partial charge in [-0.25, -0.2) is 0 Å². The minimum absolute atomic E-state index is 0.379. The molecule has 0 aliphatic carbocycles. The number of nitrogens with one attached hydrogen (secondary N) is 1. The average molecular weight is 213 g/mol. The van der Waals surface area contributed by atoms with Gasteiger partial charge in [-0.2, -0.15) is 0 Å². The quantitative estimate of drug-likeness (QED) is 0.563. The zero-order valence-corrected chi connectivity index (χ0v) is 8.85. The van der Waals surface area contributed by atoms with Crippen LogP contribution in [-0.4, -0.2) is 54.2 Å². The van der Waals surface area contributed by atoms with Crippen LogP contribution in [-0.2, 0) is 4.79 Å². The van der Waals surface area contributed by atoms with Crippen molar-refractivity contribution in [3.05, 3.63) is 0 Å². The summed E-state index contributed by atoms with van der Waals surface area (Å²) in [6, 6.07) is -0.335. The van der Waals surface area contributed by atoms with E-state index >= 15 is 0 Å². The fourth-order valence-electron chi connectivity index (χ4n) is 2.56. The molecule has 86 valence electrons. The van der Waals surface area contributed by atoms with Crippen molar-refractivity contribution in [2.24, 2.45) is 11.7 Å². The minimum Gasteiger partial charge on any atom is -0.480 e. The van der Waals surface area contributed by atoms with Crippen molar-refractivity contribution in [3.8, 4) is 0 Å². The minimum atomic E-state index is -0.927. The van der Waals surface area contributed by atoms with Crippen molar-refractivity contribution in [3.63, 3.8) is 0 Å². The molecular formula is C10H19N3O2. The third-order valence-corrected chi connectivity index (χ3v) is 3.57. The molecule has 3 heterocycles. The highest BCUT2D eigenvalue weighted by atomic mass is 16.4. The van der Waals surface area contributed by atoms with Crippen LogP contribution in [0.2, 0.25) is 0 Å². The summed E-state index contributed by atoms with van der Waals surface area (Å²) in [5.74, 6) is -0.209. The van der Waals surface area contributed by atoms with Crippen LogP contribution in [0.15, 0.2) is 0 Å². The van der Waals surface area contributed by atoms with E-state index in [1.807, 2.05) is 0 Å². The SMILES string of the molecule is NC(CNC1CN2CCC1CC2)C(=O)O. The van der Waals surface area contributed by atoms with Crippen LogP contribution in [0.3, 0.4) is 0 Å². The molecule has 0 saturated carbocycles. The third kappa shape index (κ3) is 2.48. The van der Waals surface area contributed by atoms with E-state index in [0.717, 1.165) is 12.5 Å². The molecule has 0 aromatic rings. The van der Waals surface area contributed by atoms with E-state index in [0.29, 0.717) is 12.6 Å². The third-order valence-electron chi connectivity index (χ3n) is 3.57. The van der Waals surface area contributed by atoms with E-state index in [4.69, 9.17) is 10.8 Å². The Morgan fingerprint density at radius 3 is 2.67 bits per heavy atom. The molecule has 3 aliphatic rings. The van der Waals surface area contributed by atoms with Crippen molar-refractivity contribution in [2.45, 2.75) is 24.9 Å². The van der Waals surface area contributed by atoms with Gasteiger partial charge in [0.1, 0.15) is 6.04 Å². The Balaban J connectivity index is 1.78. The topological polar surface area (TPSA) is 78.6 Å². The van der Waals surface area contributed by atoms with Crippen LogP contribution in [0.4, 0.5) is 0 Å². The number of hydrogen-bond acceptors (Lipinski definition) is 4. The molecule has 0 aromatic heterocycles. The van der Waals surface area contributed by atoms with E-state index in [1.54, 1.807) is 0 Å². The molecule has 2 unspecified atom stereocenters. The summed E-state index contributed by atoms with van der Waals surface area (Å²) in [6.45, 7) is 3.84. The maximum Gasteiger partial charge on any atom is 0.321 e. The molecule has 5 heteroatoms. The van der Waals surface area contributed by atoms with Gasteiger partial charge in [0.15, 0.2) is 0 Å². The second kappa shape index (κ2) is 4.47. The molecular weight excluding hydrogens is 194 g/mol. The summed E-state index contributed by atoms with van der Waals surface area (Å²) in [4.78, 5) is 13.0. The van der Waals surface area contributed by atoms with Gasteiger partial charge in [-0.3, -0.25) is 4.79 Å². The van der Waals surface area contributed by atoms with Crippen LogP contribution >= 0.6 is 0 Å². The number of fused-ring (bicyclic) bond motifs is 3. The molecule has 2 bridgehead atoms. The average Bonchev–Trinajstić information content (AvgIpc) is 2.27. The number of carboxylic acids is 1.